The molecular formula is C13H30N2O. The standard InChI is InChI=1S/C13H30N2O/c1-3-11-15(4-2)12-10-14-9-7-5-6-8-13-16/h14,16H,3-13H2,1-2H3. The molecule has 0 aromatic carbocycles. The Morgan fingerprint density at radius 2 is 1.69 bits per heavy atom. The molecule has 3 nitrogen and oxygen atoms in total. The smallest absolute Gasteiger partial charge is 0.0431 e. The van der Waals surface area contributed by atoms with Crippen molar-refractivity contribution in [3.8, 4) is 0 Å². The van der Waals surface area contributed by atoms with Gasteiger partial charge in [0.1, 0.15) is 0 Å². The number of nitrogens with one attached hydrogen (secondary N) is 1. The van der Waals surface area contributed by atoms with E-state index in [1.807, 2.05) is 0 Å². The summed E-state index contributed by atoms with van der Waals surface area (Å²) >= 11 is 0. The number of aliphatic hydroxyl groups is 1. The largest absolute Gasteiger partial charge is 0.396 e. The number of likely N-dealkylation sites (N-methyl/N-ethyl adjacent to an activating group) is 1. The Bertz CT molecular complexity index is 131. The molecule has 0 heterocycles. The van der Waals surface area contributed by atoms with Crippen molar-refractivity contribution in [1.82, 2.24) is 10.2 Å². The number of nitrogens with zero attached hydrogens (tertiary/aromatic N) is 1. The van der Waals surface area contributed by atoms with E-state index in [2.05, 4.69) is 24.1 Å². The van der Waals surface area contributed by atoms with Gasteiger partial charge in [-0.3, -0.25) is 0 Å². The summed E-state index contributed by atoms with van der Waals surface area (Å²) in [6.07, 6.45) is 5.84. The molecule has 0 unspecified atom stereocenters. The van der Waals surface area contributed by atoms with Crippen molar-refractivity contribution >= 4 is 0 Å². The number of unbranched alkanes of at least 4 members (excludes halogenated alkanes) is 3. The van der Waals surface area contributed by atoms with Crippen LogP contribution < -0.4 is 5.32 Å². The third-order valence-corrected chi connectivity index (χ3v) is 2.85. The van der Waals surface area contributed by atoms with Crippen molar-refractivity contribution in [2.75, 3.05) is 39.3 Å². The Kier molecular flexibility index (Phi) is 12.9. The van der Waals surface area contributed by atoms with Gasteiger partial charge in [-0.2, -0.15) is 0 Å². The Morgan fingerprint density at radius 3 is 2.31 bits per heavy atom. The van der Waals surface area contributed by atoms with Crippen molar-refractivity contribution in [3.05, 3.63) is 0 Å². The highest BCUT2D eigenvalue weighted by molar-refractivity contribution is 4.57. The summed E-state index contributed by atoms with van der Waals surface area (Å²) in [6.45, 7) is 10.6. The molecule has 0 amide bonds. The third kappa shape index (κ3) is 10.4. The van der Waals surface area contributed by atoms with Gasteiger partial charge in [0.05, 0.1) is 0 Å². The highest BCUT2D eigenvalue weighted by Gasteiger charge is 1.98. The quantitative estimate of drug-likeness (QED) is 0.502. The predicted molar refractivity (Wildman–Crippen MR) is 70.8 cm³/mol. The van der Waals surface area contributed by atoms with E-state index >= 15 is 0 Å². The van der Waals surface area contributed by atoms with Crippen molar-refractivity contribution in [3.63, 3.8) is 0 Å². The SMILES string of the molecule is CCCN(CC)CCNCCCCCCO. The third-order valence-electron chi connectivity index (χ3n) is 2.85. The highest BCUT2D eigenvalue weighted by atomic mass is 16.2. The Balaban J connectivity index is 3.12. The van der Waals surface area contributed by atoms with E-state index in [1.165, 1.54) is 32.4 Å². The monoisotopic (exact) mass is 230 g/mol. The summed E-state index contributed by atoms with van der Waals surface area (Å²) in [5.74, 6) is 0. The lowest BCUT2D eigenvalue weighted by Crippen LogP contribution is -2.32. The molecule has 0 saturated carbocycles. The van der Waals surface area contributed by atoms with Crippen LogP contribution in [0.5, 0.6) is 0 Å². The summed E-state index contributed by atoms with van der Waals surface area (Å²) in [6, 6.07) is 0. The molecule has 0 radical (unpaired) electrons. The van der Waals surface area contributed by atoms with Crippen molar-refractivity contribution in [2.45, 2.75) is 46.0 Å². The fourth-order valence-corrected chi connectivity index (χ4v) is 1.82. The van der Waals surface area contributed by atoms with E-state index in [1.54, 1.807) is 0 Å². The van der Waals surface area contributed by atoms with Gasteiger partial charge in [-0.25, -0.2) is 0 Å². The van der Waals surface area contributed by atoms with Crippen molar-refractivity contribution < 1.29 is 5.11 Å². The zero-order valence-electron chi connectivity index (χ0n) is 11.2. The average molecular weight is 230 g/mol. The van der Waals surface area contributed by atoms with Crippen LogP contribution in [0, 0.1) is 0 Å². The van der Waals surface area contributed by atoms with E-state index in [9.17, 15) is 0 Å². The van der Waals surface area contributed by atoms with Gasteiger partial charge in [-0.05, 0) is 38.9 Å². The molecule has 0 aliphatic heterocycles. The van der Waals surface area contributed by atoms with E-state index in [0.29, 0.717) is 6.61 Å². The van der Waals surface area contributed by atoms with E-state index in [-0.39, 0.29) is 0 Å². The first-order chi connectivity index (χ1) is 7.85. The maximum atomic E-state index is 8.62. The fourth-order valence-electron chi connectivity index (χ4n) is 1.82. The first-order valence-corrected chi connectivity index (χ1v) is 6.89. The second-order valence-corrected chi connectivity index (χ2v) is 4.32. The molecule has 2 N–H and O–H groups in total. The van der Waals surface area contributed by atoms with Crippen LogP contribution in [0.2, 0.25) is 0 Å². The van der Waals surface area contributed by atoms with Crippen molar-refractivity contribution in [2.24, 2.45) is 0 Å². The highest BCUT2D eigenvalue weighted by Crippen LogP contribution is 1.97. The van der Waals surface area contributed by atoms with Gasteiger partial charge in [-0.15, -0.1) is 0 Å². The normalized spacial score (nSPS) is 11.2. The minimum atomic E-state index is 0.343. The molecular weight excluding hydrogens is 200 g/mol. The maximum Gasteiger partial charge on any atom is 0.0431 e. The van der Waals surface area contributed by atoms with Gasteiger partial charge < -0.3 is 15.3 Å². The number of rotatable bonds is 12. The van der Waals surface area contributed by atoms with E-state index in [0.717, 1.165) is 32.5 Å². The van der Waals surface area contributed by atoms with Gasteiger partial charge in [0.2, 0.25) is 0 Å². The van der Waals surface area contributed by atoms with Crippen LogP contribution in [0.25, 0.3) is 0 Å². The molecule has 0 rings (SSSR count). The molecule has 0 saturated heterocycles. The molecule has 16 heavy (non-hydrogen) atoms. The maximum absolute atomic E-state index is 8.62. The van der Waals surface area contributed by atoms with Crippen LogP contribution in [-0.2, 0) is 0 Å². The van der Waals surface area contributed by atoms with Crippen LogP contribution in [0.3, 0.4) is 0 Å². The lowest BCUT2D eigenvalue weighted by molar-refractivity contribution is 0.280. The predicted octanol–water partition coefficient (Wildman–Crippen LogP) is 1.86. The average Bonchev–Trinajstić information content (AvgIpc) is 2.31. The topological polar surface area (TPSA) is 35.5 Å². The van der Waals surface area contributed by atoms with Gasteiger partial charge >= 0.3 is 0 Å². The van der Waals surface area contributed by atoms with Gasteiger partial charge in [-0.1, -0.05) is 26.7 Å². The van der Waals surface area contributed by atoms with Crippen LogP contribution in [0.15, 0.2) is 0 Å². The Morgan fingerprint density at radius 1 is 0.938 bits per heavy atom. The van der Waals surface area contributed by atoms with Crippen LogP contribution in [0.1, 0.15) is 46.0 Å². The lowest BCUT2D eigenvalue weighted by Gasteiger charge is -2.19. The first kappa shape index (κ1) is 15.9. The number of hydrogen-bond donors (Lipinski definition) is 2. The number of aliphatic hydroxyl groups excluding tert-OH is 1. The second kappa shape index (κ2) is 12.9. The summed E-state index contributed by atoms with van der Waals surface area (Å²) in [7, 11) is 0. The van der Waals surface area contributed by atoms with Gasteiger partial charge in [0, 0.05) is 19.7 Å². The first-order valence-electron chi connectivity index (χ1n) is 6.89. The van der Waals surface area contributed by atoms with Gasteiger partial charge in [0.15, 0.2) is 0 Å². The number of hydrogen-bond acceptors (Lipinski definition) is 3. The molecule has 0 aromatic rings. The summed E-state index contributed by atoms with van der Waals surface area (Å²) < 4.78 is 0. The minimum Gasteiger partial charge on any atom is -0.396 e. The Hall–Kier alpha value is -0.120. The molecule has 0 aliphatic rings. The molecule has 0 aromatic heterocycles. The molecule has 0 bridgehead atoms. The lowest BCUT2D eigenvalue weighted by atomic mass is 10.2. The summed E-state index contributed by atoms with van der Waals surface area (Å²) in [5, 5.41) is 12.1. The molecule has 0 fully saturated rings. The fraction of sp³-hybridized carbons (Fsp3) is 1.00. The Labute approximate surface area is 101 Å². The second-order valence-electron chi connectivity index (χ2n) is 4.32. The molecule has 0 atom stereocenters. The molecule has 0 aliphatic carbocycles. The van der Waals surface area contributed by atoms with Crippen LogP contribution in [0.4, 0.5) is 0 Å². The van der Waals surface area contributed by atoms with Crippen molar-refractivity contribution in [1.29, 1.82) is 0 Å². The summed E-state index contributed by atoms with van der Waals surface area (Å²) in [4.78, 5) is 2.48. The van der Waals surface area contributed by atoms with Crippen LogP contribution >= 0.6 is 0 Å². The summed E-state index contributed by atoms with van der Waals surface area (Å²) in [5.41, 5.74) is 0. The van der Waals surface area contributed by atoms with E-state index in [4.69, 9.17) is 5.11 Å². The molecule has 98 valence electrons. The zero-order valence-corrected chi connectivity index (χ0v) is 11.2. The minimum absolute atomic E-state index is 0.343. The van der Waals surface area contributed by atoms with Crippen LogP contribution in [-0.4, -0.2) is 49.3 Å². The molecule has 0 spiro atoms. The zero-order chi connectivity index (χ0) is 12.1. The van der Waals surface area contributed by atoms with E-state index < -0.39 is 0 Å². The van der Waals surface area contributed by atoms with Gasteiger partial charge in [0.25, 0.3) is 0 Å². The molecule has 3 heteroatoms.